The van der Waals surface area contributed by atoms with E-state index in [0.29, 0.717) is 35.9 Å². The summed E-state index contributed by atoms with van der Waals surface area (Å²) < 4.78 is 5.02. The van der Waals surface area contributed by atoms with Crippen LogP contribution in [-0.4, -0.2) is 47.1 Å². The van der Waals surface area contributed by atoms with Crippen molar-refractivity contribution in [3.63, 3.8) is 0 Å². The molecule has 0 aliphatic carbocycles. The molecule has 0 radical (unpaired) electrons. The number of rotatable bonds is 3. The van der Waals surface area contributed by atoms with E-state index in [2.05, 4.69) is 21.1 Å². The van der Waals surface area contributed by atoms with Gasteiger partial charge in [0.15, 0.2) is 0 Å². The molecule has 1 saturated heterocycles. The highest BCUT2D eigenvalue weighted by Crippen LogP contribution is 2.22. The lowest BCUT2D eigenvalue weighted by molar-refractivity contribution is 0.0747. The number of carbonyl (C=O) groups excluding carboxylic acids is 1. The minimum Gasteiger partial charge on any atom is -0.368 e. The van der Waals surface area contributed by atoms with Gasteiger partial charge < -0.3 is 14.3 Å². The van der Waals surface area contributed by atoms with Gasteiger partial charge in [0.25, 0.3) is 5.91 Å². The molecule has 0 spiro atoms. The molecule has 1 fully saturated rings. The SMILES string of the molecule is Cc1nc(-c2ccc(N3CCN(C(=O)c4ccc(C#N)cc4)CC3)cc2)no1. The molecule has 1 aromatic heterocycles. The molecule has 0 bridgehead atoms. The molecule has 0 saturated carbocycles. The molecule has 1 amide bonds. The molecule has 2 aromatic carbocycles. The zero-order valence-electron chi connectivity index (χ0n) is 15.5. The lowest BCUT2D eigenvalue weighted by Gasteiger charge is -2.36. The van der Waals surface area contributed by atoms with Crippen LogP contribution < -0.4 is 4.90 Å². The third-order valence-electron chi connectivity index (χ3n) is 4.85. The molecule has 1 aliphatic heterocycles. The van der Waals surface area contributed by atoms with Crippen molar-refractivity contribution in [2.45, 2.75) is 6.92 Å². The van der Waals surface area contributed by atoms with E-state index in [0.717, 1.165) is 24.3 Å². The molecule has 1 aliphatic rings. The fourth-order valence-corrected chi connectivity index (χ4v) is 3.28. The number of hydrogen-bond acceptors (Lipinski definition) is 6. The largest absolute Gasteiger partial charge is 0.368 e. The summed E-state index contributed by atoms with van der Waals surface area (Å²) in [5.74, 6) is 1.14. The van der Waals surface area contributed by atoms with Crippen LogP contribution in [0.1, 0.15) is 21.8 Å². The predicted octanol–water partition coefficient (Wildman–Crippen LogP) is 2.88. The van der Waals surface area contributed by atoms with Crippen LogP contribution in [0.25, 0.3) is 11.4 Å². The summed E-state index contributed by atoms with van der Waals surface area (Å²) in [5, 5.41) is 12.8. The van der Waals surface area contributed by atoms with Gasteiger partial charge >= 0.3 is 0 Å². The van der Waals surface area contributed by atoms with E-state index in [9.17, 15) is 4.79 Å². The Morgan fingerprint density at radius 2 is 1.71 bits per heavy atom. The summed E-state index contributed by atoms with van der Waals surface area (Å²) in [6.45, 7) is 4.62. The summed E-state index contributed by atoms with van der Waals surface area (Å²) in [6, 6.07) is 16.9. The van der Waals surface area contributed by atoms with E-state index in [1.54, 1.807) is 31.2 Å². The Morgan fingerprint density at radius 3 is 2.29 bits per heavy atom. The van der Waals surface area contributed by atoms with Crippen LogP contribution in [0, 0.1) is 18.3 Å². The quantitative estimate of drug-likeness (QED) is 0.702. The molecule has 0 N–H and O–H groups in total. The van der Waals surface area contributed by atoms with E-state index < -0.39 is 0 Å². The number of benzene rings is 2. The van der Waals surface area contributed by atoms with Crippen LogP contribution in [0.3, 0.4) is 0 Å². The Labute approximate surface area is 162 Å². The topological polar surface area (TPSA) is 86.3 Å². The molecule has 2 heterocycles. The highest BCUT2D eigenvalue weighted by atomic mass is 16.5. The zero-order valence-corrected chi connectivity index (χ0v) is 15.5. The summed E-state index contributed by atoms with van der Waals surface area (Å²) in [5.41, 5.74) is 3.19. The molecule has 7 nitrogen and oxygen atoms in total. The van der Waals surface area contributed by atoms with Crippen molar-refractivity contribution in [3.05, 3.63) is 65.5 Å². The Morgan fingerprint density at radius 1 is 1.04 bits per heavy atom. The molecule has 0 unspecified atom stereocenters. The Balaban J connectivity index is 1.38. The first-order valence-corrected chi connectivity index (χ1v) is 9.09. The van der Waals surface area contributed by atoms with Gasteiger partial charge in [0.1, 0.15) is 0 Å². The van der Waals surface area contributed by atoms with E-state index in [-0.39, 0.29) is 5.91 Å². The highest BCUT2D eigenvalue weighted by molar-refractivity contribution is 5.94. The number of nitriles is 1. The average Bonchev–Trinajstić information content (AvgIpc) is 3.20. The zero-order chi connectivity index (χ0) is 19.5. The fraction of sp³-hybridized carbons (Fsp3) is 0.238. The first kappa shape index (κ1) is 17.7. The van der Waals surface area contributed by atoms with E-state index >= 15 is 0 Å². The first-order valence-electron chi connectivity index (χ1n) is 9.09. The van der Waals surface area contributed by atoms with Gasteiger partial charge in [-0.05, 0) is 48.5 Å². The van der Waals surface area contributed by atoms with Crippen molar-refractivity contribution in [1.29, 1.82) is 5.26 Å². The standard InChI is InChI=1S/C21H19N5O2/c1-15-23-20(24-28-15)17-6-8-19(9-7-17)25-10-12-26(13-11-25)21(27)18-4-2-16(14-22)3-5-18/h2-9H,10-13H2,1H3. The second-order valence-electron chi connectivity index (χ2n) is 6.65. The third kappa shape index (κ3) is 3.58. The van der Waals surface area contributed by atoms with Gasteiger partial charge in [0, 0.05) is 49.9 Å². The van der Waals surface area contributed by atoms with E-state index in [4.69, 9.17) is 9.78 Å². The molecule has 0 atom stereocenters. The second-order valence-corrected chi connectivity index (χ2v) is 6.65. The summed E-state index contributed by atoms with van der Waals surface area (Å²) in [7, 11) is 0. The van der Waals surface area contributed by atoms with Gasteiger partial charge in [-0.3, -0.25) is 4.79 Å². The van der Waals surface area contributed by atoms with Gasteiger partial charge in [0.05, 0.1) is 11.6 Å². The van der Waals surface area contributed by atoms with Gasteiger partial charge in [-0.2, -0.15) is 10.2 Å². The van der Waals surface area contributed by atoms with Crippen LogP contribution in [-0.2, 0) is 0 Å². The number of piperazine rings is 1. The number of anilines is 1. The van der Waals surface area contributed by atoms with Crippen molar-refractivity contribution in [1.82, 2.24) is 15.0 Å². The fourth-order valence-electron chi connectivity index (χ4n) is 3.28. The Kier molecular flexibility index (Phi) is 4.77. The Bertz CT molecular complexity index is 1010. The minimum atomic E-state index is 0.00645. The number of aryl methyl sites for hydroxylation is 1. The van der Waals surface area contributed by atoms with Crippen LogP contribution in [0.5, 0.6) is 0 Å². The van der Waals surface area contributed by atoms with Crippen molar-refractivity contribution in [2.75, 3.05) is 31.1 Å². The number of hydrogen-bond donors (Lipinski definition) is 0. The number of nitrogens with zero attached hydrogens (tertiary/aromatic N) is 5. The molecule has 3 aromatic rings. The van der Waals surface area contributed by atoms with Crippen molar-refractivity contribution < 1.29 is 9.32 Å². The summed E-state index contributed by atoms with van der Waals surface area (Å²) in [4.78, 5) is 21.0. The summed E-state index contributed by atoms with van der Waals surface area (Å²) in [6.07, 6.45) is 0. The maximum Gasteiger partial charge on any atom is 0.253 e. The molecule has 28 heavy (non-hydrogen) atoms. The molecule has 140 valence electrons. The lowest BCUT2D eigenvalue weighted by atomic mass is 10.1. The number of amides is 1. The number of carbonyl (C=O) groups is 1. The van der Waals surface area contributed by atoms with Gasteiger partial charge in [-0.15, -0.1) is 0 Å². The highest BCUT2D eigenvalue weighted by Gasteiger charge is 2.22. The summed E-state index contributed by atoms with van der Waals surface area (Å²) >= 11 is 0. The van der Waals surface area contributed by atoms with Gasteiger partial charge in [-0.25, -0.2) is 0 Å². The first-order chi connectivity index (χ1) is 13.6. The third-order valence-corrected chi connectivity index (χ3v) is 4.85. The smallest absolute Gasteiger partial charge is 0.253 e. The number of aromatic nitrogens is 2. The predicted molar refractivity (Wildman–Crippen MR) is 104 cm³/mol. The molecular formula is C21H19N5O2. The lowest BCUT2D eigenvalue weighted by Crippen LogP contribution is -2.48. The van der Waals surface area contributed by atoms with Crippen molar-refractivity contribution >= 4 is 11.6 Å². The van der Waals surface area contributed by atoms with Crippen LogP contribution in [0.4, 0.5) is 5.69 Å². The van der Waals surface area contributed by atoms with Crippen LogP contribution >= 0.6 is 0 Å². The van der Waals surface area contributed by atoms with Crippen LogP contribution in [0.15, 0.2) is 53.1 Å². The maximum absolute atomic E-state index is 12.6. The molecular weight excluding hydrogens is 354 g/mol. The maximum atomic E-state index is 12.6. The van der Waals surface area contributed by atoms with Crippen molar-refractivity contribution in [2.24, 2.45) is 0 Å². The second kappa shape index (κ2) is 7.53. The normalized spacial score (nSPS) is 14.0. The van der Waals surface area contributed by atoms with Crippen molar-refractivity contribution in [3.8, 4) is 17.5 Å². The minimum absolute atomic E-state index is 0.00645. The monoisotopic (exact) mass is 373 g/mol. The Hall–Kier alpha value is -3.66. The molecule has 4 rings (SSSR count). The average molecular weight is 373 g/mol. The van der Waals surface area contributed by atoms with E-state index in [1.807, 2.05) is 29.2 Å². The van der Waals surface area contributed by atoms with Gasteiger partial charge in [0.2, 0.25) is 11.7 Å². The molecule has 7 heteroatoms. The van der Waals surface area contributed by atoms with Gasteiger partial charge in [-0.1, -0.05) is 5.16 Å². The van der Waals surface area contributed by atoms with Crippen LogP contribution in [0.2, 0.25) is 0 Å². The van der Waals surface area contributed by atoms with E-state index in [1.165, 1.54) is 0 Å².